The molecule has 1 rings (SSSR count). The van der Waals surface area contributed by atoms with E-state index in [0.717, 1.165) is 32.2 Å². The fourth-order valence-corrected chi connectivity index (χ4v) is 7.28. The largest absolute Gasteiger partial charge is 0.392 e. The number of hydrogen-bond donors (Lipinski definition) is 1. The molecule has 1 aliphatic rings. The number of rotatable bonds is 6. The third-order valence-electron chi connectivity index (χ3n) is 3.89. The maximum absolute atomic E-state index is 3.81. The predicted octanol–water partition coefficient (Wildman–Crippen LogP) is 2.67. The average molecular weight is 267 g/mol. The van der Waals surface area contributed by atoms with Gasteiger partial charge in [-0.1, -0.05) is 39.8 Å². The van der Waals surface area contributed by atoms with E-state index in [9.17, 15) is 0 Å². The summed E-state index contributed by atoms with van der Waals surface area (Å²) in [7, 11) is -1.78. The number of nitrogens with one attached hydrogen (secondary N) is 1. The Kier molecular flexibility index (Phi) is 6.12. The Bertz CT molecular complexity index is 292. The highest BCUT2D eigenvalue weighted by atomic mass is 28.4. The minimum atomic E-state index is -1.78. The van der Waals surface area contributed by atoms with Gasteiger partial charge in [0.05, 0.1) is 0 Å². The van der Waals surface area contributed by atoms with Crippen LogP contribution in [0.1, 0.15) is 34.6 Å². The highest BCUT2D eigenvalue weighted by molar-refractivity contribution is 6.72. The first kappa shape index (κ1) is 15.5. The first-order chi connectivity index (χ1) is 8.64. The third-order valence-corrected chi connectivity index (χ3v) is 8.66. The maximum Gasteiger partial charge on any atom is 0.320 e. The Morgan fingerprint density at radius 2 is 1.56 bits per heavy atom. The summed E-state index contributed by atoms with van der Waals surface area (Å²) in [5.74, 6) is 0. The molecule has 0 atom stereocenters. The molecule has 3 nitrogen and oxygen atoms in total. The molecule has 18 heavy (non-hydrogen) atoms. The van der Waals surface area contributed by atoms with Crippen molar-refractivity contribution in [2.75, 3.05) is 26.2 Å². The van der Waals surface area contributed by atoms with Gasteiger partial charge in [-0.3, -0.25) is 9.13 Å². The summed E-state index contributed by atoms with van der Waals surface area (Å²) < 4.78 is 5.30. The van der Waals surface area contributed by atoms with Crippen molar-refractivity contribution < 1.29 is 0 Å². The van der Waals surface area contributed by atoms with Crippen LogP contribution in [0.4, 0.5) is 0 Å². The molecular formula is C14H29N3Si. The fraction of sp³-hybridized carbons (Fsp3) is 0.714. The van der Waals surface area contributed by atoms with Gasteiger partial charge in [0.15, 0.2) is 0 Å². The van der Waals surface area contributed by atoms with Gasteiger partial charge < -0.3 is 4.98 Å². The number of nitrogens with zero attached hydrogens (tertiary/aromatic N) is 2. The van der Waals surface area contributed by atoms with E-state index in [0.29, 0.717) is 0 Å². The lowest BCUT2D eigenvalue weighted by Crippen LogP contribution is -2.72. The zero-order valence-electron chi connectivity index (χ0n) is 12.7. The number of hydrogen-bond acceptors (Lipinski definition) is 3. The lowest BCUT2D eigenvalue weighted by molar-refractivity contribution is 0.343. The molecule has 0 fully saturated rings. The lowest BCUT2D eigenvalue weighted by atomic mass is 10.3. The smallest absolute Gasteiger partial charge is 0.320 e. The van der Waals surface area contributed by atoms with Gasteiger partial charge in [-0.25, -0.2) is 0 Å². The summed E-state index contributed by atoms with van der Waals surface area (Å²) in [4.78, 5) is 3.81. The summed E-state index contributed by atoms with van der Waals surface area (Å²) in [6.45, 7) is 15.7. The Morgan fingerprint density at radius 3 is 2.00 bits per heavy atom. The van der Waals surface area contributed by atoms with Crippen molar-refractivity contribution in [1.29, 1.82) is 0 Å². The Balaban J connectivity index is 3.11. The SMILES string of the molecule is CCN(CC)[Si]1(N(CC)CC)CC=CC(C)=CN1. The summed E-state index contributed by atoms with van der Waals surface area (Å²) in [5, 5.41) is 0. The molecule has 0 unspecified atom stereocenters. The van der Waals surface area contributed by atoms with Gasteiger partial charge in [0, 0.05) is 6.04 Å². The topological polar surface area (TPSA) is 18.5 Å². The van der Waals surface area contributed by atoms with E-state index in [2.05, 4.69) is 67.1 Å². The van der Waals surface area contributed by atoms with Crippen LogP contribution in [-0.4, -0.2) is 43.9 Å². The monoisotopic (exact) mass is 267 g/mol. The highest BCUT2D eigenvalue weighted by Crippen LogP contribution is 2.21. The highest BCUT2D eigenvalue weighted by Gasteiger charge is 2.43. The van der Waals surface area contributed by atoms with Gasteiger partial charge in [0.25, 0.3) is 0 Å². The first-order valence-corrected chi connectivity index (χ1v) is 9.35. The first-order valence-electron chi connectivity index (χ1n) is 7.25. The van der Waals surface area contributed by atoms with Crippen LogP contribution in [0, 0.1) is 0 Å². The van der Waals surface area contributed by atoms with Crippen molar-refractivity contribution in [3.63, 3.8) is 0 Å². The molecule has 0 saturated heterocycles. The Hall–Kier alpha value is -0.583. The minimum Gasteiger partial charge on any atom is -0.392 e. The summed E-state index contributed by atoms with van der Waals surface area (Å²) in [6.07, 6.45) is 6.82. The van der Waals surface area contributed by atoms with Crippen LogP contribution < -0.4 is 4.98 Å². The maximum atomic E-state index is 3.81. The zero-order chi connectivity index (χ0) is 13.6. The van der Waals surface area contributed by atoms with Crippen LogP contribution in [0.3, 0.4) is 0 Å². The second kappa shape index (κ2) is 7.12. The normalized spacial score (nSPS) is 18.7. The average Bonchev–Trinajstić information content (AvgIpc) is 2.56. The lowest BCUT2D eigenvalue weighted by Gasteiger charge is -2.46. The van der Waals surface area contributed by atoms with Crippen molar-refractivity contribution in [3.05, 3.63) is 23.9 Å². The molecule has 0 bridgehead atoms. The van der Waals surface area contributed by atoms with Gasteiger partial charge in [-0.05, 0) is 44.9 Å². The third kappa shape index (κ3) is 3.05. The Morgan fingerprint density at radius 1 is 1.06 bits per heavy atom. The van der Waals surface area contributed by atoms with Gasteiger partial charge in [-0.15, -0.1) is 0 Å². The fourth-order valence-electron chi connectivity index (χ4n) is 2.88. The van der Waals surface area contributed by atoms with Gasteiger partial charge >= 0.3 is 8.56 Å². The van der Waals surface area contributed by atoms with Crippen LogP contribution in [0.25, 0.3) is 0 Å². The van der Waals surface area contributed by atoms with Gasteiger partial charge in [-0.2, -0.15) is 0 Å². The van der Waals surface area contributed by atoms with Crippen LogP contribution in [0.5, 0.6) is 0 Å². The zero-order valence-corrected chi connectivity index (χ0v) is 13.7. The van der Waals surface area contributed by atoms with Crippen LogP contribution in [0.15, 0.2) is 23.9 Å². The Labute approximate surface area is 114 Å². The molecule has 0 spiro atoms. The standard InChI is InChI=1S/C14H29N3Si/c1-6-16(7-2)18(17(8-3)9-4)12-10-11-14(5)13-15-18/h10-11,13,15H,6-9,12H2,1-5H3. The molecule has 1 aliphatic heterocycles. The van der Waals surface area contributed by atoms with E-state index >= 15 is 0 Å². The molecule has 4 heteroatoms. The van der Waals surface area contributed by atoms with E-state index in [-0.39, 0.29) is 0 Å². The summed E-state index contributed by atoms with van der Waals surface area (Å²) in [5.41, 5.74) is 1.32. The van der Waals surface area contributed by atoms with Crippen LogP contribution >= 0.6 is 0 Å². The predicted molar refractivity (Wildman–Crippen MR) is 82.4 cm³/mol. The van der Waals surface area contributed by atoms with Gasteiger partial charge in [0.1, 0.15) is 0 Å². The molecule has 0 aromatic carbocycles. The summed E-state index contributed by atoms with van der Waals surface area (Å²) in [6, 6.07) is 1.16. The number of allylic oxidation sites excluding steroid dienone is 3. The van der Waals surface area contributed by atoms with E-state index in [4.69, 9.17) is 0 Å². The van der Waals surface area contributed by atoms with Crippen molar-refractivity contribution in [3.8, 4) is 0 Å². The van der Waals surface area contributed by atoms with E-state index < -0.39 is 8.56 Å². The quantitative estimate of drug-likeness (QED) is 0.747. The van der Waals surface area contributed by atoms with Crippen molar-refractivity contribution in [2.45, 2.75) is 40.7 Å². The molecule has 104 valence electrons. The van der Waals surface area contributed by atoms with Crippen molar-refractivity contribution >= 4 is 8.56 Å². The summed E-state index contributed by atoms with van der Waals surface area (Å²) >= 11 is 0. The molecule has 1 heterocycles. The molecule has 1 N–H and O–H groups in total. The van der Waals surface area contributed by atoms with Crippen LogP contribution in [0.2, 0.25) is 6.04 Å². The second-order valence-corrected chi connectivity index (χ2v) is 8.40. The molecule has 0 saturated carbocycles. The molecular weight excluding hydrogens is 238 g/mol. The van der Waals surface area contributed by atoms with Crippen molar-refractivity contribution in [2.24, 2.45) is 0 Å². The second-order valence-electron chi connectivity index (χ2n) is 4.80. The molecule has 0 aromatic rings. The van der Waals surface area contributed by atoms with E-state index in [1.165, 1.54) is 5.57 Å². The molecule has 0 amide bonds. The van der Waals surface area contributed by atoms with Crippen molar-refractivity contribution in [1.82, 2.24) is 14.1 Å². The van der Waals surface area contributed by atoms with Gasteiger partial charge in [0.2, 0.25) is 0 Å². The molecule has 0 aliphatic carbocycles. The van der Waals surface area contributed by atoms with E-state index in [1.807, 2.05) is 0 Å². The van der Waals surface area contributed by atoms with Crippen LogP contribution in [-0.2, 0) is 0 Å². The minimum absolute atomic E-state index is 1.12. The molecule has 0 radical (unpaired) electrons. The van der Waals surface area contributed by atoms with E-state index in [1.54, 1.807) is 0 Å². The molecule has 0 aromatic heterocycles.